The SMILES string of the molecule is C[C@@H](CN)CN1C[C@H](NC(=O)NC(C)(C)C)C[C@@H]1COCC(=O)O. The molecule has 1 fully saturated rings. The van der Waals surface area contributed by atoms with E-state index in [0.717, 1.165) is 13.0 Å². The van der Waals surface area contributed by atoms with Gasteiger partial charge in [0.1, 0.15) is 6.61 Å². The van der Waals surface area contributed by atoms with Gasteiger partial charge in [0.25, 0.3) is 0 Å². The number of aliphatic carboxylic acids is 1. The molecule has 1 saturated heterocycles. The Labute approximate surface area is 144 Å². The second-order valence-corrected chi connectivity index (χ2v) is 7.64. The van der Waals surface area contributed by atoms with Gasteiger partial charge in [-0.05, 0) is 39.7 Å². The van der Waals surface area contributed by atoms with E-state index in [0.29, 0.717) is 25.6 Å². The number of likely N-dealkylation sites (tertiary alicyclic amines) is 1. The highest BCUT2D eigenvalue weighted by molar-refractivity contribution is 5.75. The minimum atomic E-state index is -0.978. The number of urea groups is 1. The molecule has 0 aromatic heterocycles. The molecule has 5 N–H and O–H groups in total. The standard InChI is InChI=1S/C16H32N4O4/c1-11(6-17)7-20-8-12(18-15(23)19-16(2,3)4)5-13(20)9-24-10-14(21)22/h11-13H,5-10,17H2,1-4H3,(H,21,22)(H2,18,19,23)/t11-,12+,13+/m0/s1. The van der Waals surface area contributed by atoms with Gasteiger partial charge in [-0.1, -0.05) is 6.92 Å². The summed E-state index contributed by atoms with van der Waals surface area (Å²) < 4.78 is 5.26. The van der Waals surface area contributed by atoms with Crippen LogP contribution in [0.4, 0.5) is 4.79 Å². The van der Waals surface area contributed by atoms with E-state index < -0.39 is 5.97 Å². The molecule has 1 aliphatic rings. The molecule has 0 aliphatic carbocycles. The Morgan fingerprint density at radius 2 is 2.08 bits per heavy atom. The van der Waals surface area contributed by atoms with Crippen molar-refractivity contribution in [3.05, 3.63) is 0 Å². The number of amides is 2. The number of ether oxygens (including phenoxy) is 1. The first-order chi connectivity index (χ1) is 11.1. The number of carbonyl (C=O) groups excluding carboxylic acids is 1. The fraction of sp³-hybridized carbons (Fsp3) is 0.875. The molecule has 24 heavy (non-hydrogen) atoms. The molecule has 140 valence electrons. The largest absolute Gasteiger partial charge is 0.480 e. The summed E-state index contributed by atoms with van der Waals surface area (Å²) in [5, 5.41) is 14.6. The van der Waals surface area contributed by atoms with Crippen LogP contribution in [0.3, 0.4) is 0 Å². The summed E-state index contributed by atoms with van der Waals surface area (Å²) in [5.74, 6) is -0.650. The van der Waals surface area contributed by atoms with Gasteiger partial charge in [0, 0.05) is 30.7 Å². The minimum Gasteiger partial charge on any atom is -0.480 e. The highest BCUT2D eigenvalue weighted by Crippen LogP contribution is 2.20. The monoisotopic (exact) mass is 344 g/mol. The van der Waals surface area contributed by atoms with Gasteiger partial charge in [0.2, 0.25) is 0 Å². The van der Waals surface area contributed by atoms with Crippen molar-refractivity contribution in [2.45, 2.75) is 51.7 Å². The molecule has 3 atom stereocenters. The lowest BCUT2D eigenvalue weighted by Crippen LogP contribution is -2.50. The lowest BCUT2D eigenvalue weighted by Gasteiger charge is -2.26. The van der Waals surface area contributed by atoms with Crippen molar-refractivity contribution < 1.29 is 19.4 Å². The molecule has 0 spiro atoms. The average Bonchev–Trinajstić information content (AvgIpc) is 2.77. The number of nitrogens with zero attached hydrogens (tertiary/aromatic N) is 1. The summed E-state index contributed by atoms with van der Waals surface area (Å²) in [6.07, 6.45) is 0.731. The number of hydrogen-bond donors (Lipinski definition) is 4. The van der Waals surface area contributed by atoms with Gasteiger partial charge in [0.05, 0.1) is 6.61 Å². The first-order valence-electron chi connectivity index (χ1n) is 8.43. The molecule has 0 aromatic rings. The van der Waals surface area contributed by atoms with Crippen molar-refractivity contribution in [1.29, 1.82) is 0 Å². The summed E-state index contributed by atoms with van der Waals surface area (Å²) in [6, 6.07) is -0.0968. The van der Waals surface area contributed by atoms with E-state index in [2.05, 4.69) is 22.5 Å². The van der Waals surface area contributed by atoms with Crippen LogP contribution in [-0.2, 0) is 9.53 Å². The molecular formula is C16H32N4O4. The van der Waals surface area contributed by atoms with E-state index in [9.17, 15) is 9.59 Å². The van der Waals surface area contributed by atoms with Gasteiger partial charge in [-0.2, -0.15) is 0 Å². The van der Waals surface area contributed by atoms with Crippen LogP contribution in [0.15, 0.2) is 0 Å². The number of carboxylic acid groups (broad SMARTS) is 1. The van der Waals surface area contributed by atoms with Crippen LogP contribution < -0.4 is 16.4 Å². The van der Waals surface area contributed by atoms with E-state index in [1.807, 2.05) is 20.8 Å². The van der Waals surface area contributed by atoms with E-state index in [4.69, 9.17) is 15.6 Å². The van der Waals surface area contributed by atoms with Gasteiger partial charge in [-0.25, -0.2) is 9.59 Å². The van der Waals surface area contributed by atoms with Crippen LogP contribution >= 0.6 is 0 Å². The van der Waals surface area contributed by atoms with Gasteiger partial charge in [-0.3, -0.25) is 4.90 Å². The Morgan fingerprint density at radius 1 is 1.42 bits per heavy atom. The van der Waals surface area contributed by atoms with Crippen molar-refractivity contribution in [2.24, 2.45) is 11.7 Å². The van der Waals surface area contributed by atoms with Crippen molar-refractivity contribution in [3.8, 4) is 0 Å². The molecule has 1 aliphatic heterocycles. The summed E-state index contributed by atoms with van der Waals surface area (Å²) in [5.41, 5.74) is 5.41. The van der Waals surface area contributed by atoms with Crippen LogP contribution in [-0.4, -0.2) is 72.5 Å². The summed E-state index contributed by atoms with van der Waals surface area (Å²) in [7, 11) is 0. The number of nitrogens with one attached hydrogen (secondary N) is 2. The molecule has 1 heterocycles. The molecule has 8 heteroatoms. The smallest absolute Gasteiger partial charge is 0.329 e. The molecule has 8 nitrogen and oxygen atoms in total. The average molecular weight is 344 g/mol. The second-order valence-electron chi connectivity index (χ2n) is 7.64. The van der Waals surface area contributed by atoms with Crippen LogP contribution in [0.2, 0.25) is 0 Å². The maximum atomic E-state index is 12.0. The predicted octanol–water partition coefficient (Wildman–Crippen LogP) is 0.223. The van der Waals surface area contributed by atoms with Crippen LogP contribution in [0, 0.1) is 5.92 Å². The quantitative estimate of drug-likeness (QED) is 0.500. The lowest BCUT2D eigenvalue weighted by atomic mass is 10.1. The number of carbonyl (C=O) groups is 2. The highest BCUT2D eigenvalue weighted by atomic mass is 16.5. The van der Waals surface area contributed by atoms with E-state index in [1.165, 1.54) is 0 Å². The molecule has 2 amide bonds. The first kappa shape index (κ1) is 20.7. The zero-order valence-corrected chi connectivity index (χ0v) is 15.2. The zero-order valence-electron chi connectivity index (χ0n) is 15.2. The highest BCUT2D eigenvalue weighted by Gasteiger charge is 2.34. The molecule has 0 saturated carbocycles. The van der Waals surface area contributed by atoms with Crippen molar-refractivity contribution in [3.63, 3.8) is 0 Å². The second kappa shape index (κ2) is 9.19. The Morgan fingerprint density at radius 3 is 2.62 bits per heavy atom. The Kier molecular flexibility index (Phi) is 7.92. The molecule has 0 unspecified atom stereocenters. The molecule has 1 rings (SSSR count). The van der Waals surface area contributed by atoms with Gasteiger partial charge < -0.3 is 26.2 Å². The lowest BCUT2D eigenvalue weighted by molar-refractivity contribution is -0.142. The Bertz CT molecular complexity index is 425. The van der Waals surface area contributed by atoms with Crippen molar-refractivity contribution in [1.82, 2.24) is 15.5 Å². The zero-order chi connectivity index (χ0) is 18.3. The molecule has 0 radical (unpaired) electrons. The molecule has 0 bridgehead atoms. The van der Waals surface area contributed by atoms with E-state index in [1.54, 1.807) is 0 Å². The van der Waals surface area contributed by atoms with E-state index >= 15 is 0 Å². The summed E-state index contributed by atoms with van der Waals surface area (Å²) in [4.78, 5) is 24.9. The Hall–Kier alpha value is -1.38. The molecule has 0 aromatic carbocycles. The number of nitrogens with two attached hydrogens (primary N) is 1. The van der Waals surface area contributed by atoms with Gasteiger partial charge in [-0.15, -0.1) is 0 Å². The van der Waals surface area contributed by atoms with Crippen LogP contribution in [0.1, 0.15) is 34.1 Å². The fourth-order valence-corrected chi connectivity index (χ4v) is 2.81. The number of rotatable bonds is 8. The maximum Gasteiger partial charge on any atom is 0.329 e. The van der Waals surface area contributed by atoms with E-state index in [-0.39, 0.29) is 30.3 Å². The molecular weight excluding hydrogens is 312 g/mol. The predicted molar refractivity (Wildman–Crippen MR) is 91.9 cm³/mol. The maximum absolute atomic E-state index is 12.0. The first-order valence-corrected chi connectivity index (χ1v) is 8.43. The fourth-order valence-electron chi connectivity index (χ4n) is 2.81. The van der Waals surface area contributed by atoms with Crippen molar-refractivity contribution >= 4 is 12.0 Å². The van der Waals surface area contributed by atoms with Gasteiger partial charge in [0.15, 0.2) is 0 Å². The third-order valence-electron chi connectivity index (χ3n) is 3.84. The van der Waals surface area contributed by atoms with Gasteiger partial charge >= 0.3 is 12.0 Å². The third kappa shape index (κ3) is 7.94. The van der Waals surface area contributed by atoms with Crippen LogP contribution in [0.5, 0.6) is 0 Å². The minimum absolute atomic E-state index is 0.00996. The number of carboxylic acids is 1. The summed E-state index contributed by atoms with van der Waals surface area (Å²) in [6.45, 7) is 9.99. The van der Waals surface area contributed by atoms with Crippen LogP contribution in [0.25, 0.3) is 0 Å². The van der Waals surface area contributed by atoms with Crippen molar-refractivity contribution in [2.75, 3.05) is 32.8 Å². The topological polar surface area (TPSA) is 117 Å². The number of hydrogen-bond acceptors (Lipinski definition) is 5. The summed E-state index contributed by atoms with van der Waals surface area (Å²) >= 11 is 0. The normalized spacial score (nSPS) is 23.0. The Balaban J connectivity index is 2.57. The third-order valence-corrected chi connectivity index (χ3v) is 3.84.